The zero-order chi connectivity index (χ0) is 15.8. The minimum absolute atomic E-state index is 0.0994. The molecule has 0 radical (unpaired) electrons. The van der Waals surface area contributed by atoms with Gasteiger partial charge < -0.3 is 10.6 Å². The number of hydrogen-bond acceptors (Lipinski definition) is 4. The van der Waals surface area contributed by atoms with Crippen LogP contribution in [0, 0.1) is 0 Å². The van der Waals surface area contributed by atoms with Crippen LogP contribution in [-0.4, -0.2) is 39.2 Å². The summed E-state index contributed by atoms with van der Waals surface area (Å²) in [4.78, 5) is 11.7. The summed E-state index contributed by atoms with van der Waals surface area (Å²) in [7, 11) is -3.38. The minimum Gasteiger partial charge on any atom is -0.355 e. The van der Waals surface area contributed by atoms with Crippen molar-refractivity contribution in [2.75, 3.05) is 18.8 Å². The van der Waals surface area contributed by atoms with Gasteiger partial charge in [0.25, 0.3) is 0 Å². The Morgan fingerprint density at radius 1 is 1.27 bits per heavy atom. The molecule has 3 N–H and O–H groups in total. The van der Waals surface area contributed by atoms with Crippen molar-refractivity contribution in [2.24, 2.45) is 0 Å². The van der Waals surface area contributed by atoms with E-state index in [9.17, 15) is 13.2 Å². The van der Waals surface area contributed by atoms with Crippen LogP contribution in [0.5, 0.6) is 0 Å². The van der Waals surface area contributed by atoms with Gasteiger partial charge in [0.2, 0.25) is 15.9 Å². The molecule has 0 aliphatic carbocycles. The van der Waals surface area contributed by atoms with E-state index < -0.39 is 10.0 Å². The van der Waals surface area contributed by atoms with Crippen LogP contribution < -0.4 is 15.4 Å². The average Bonchev–Trinajstić information content (AvgIpc) is 2.99. The maximum Gasteiger partial charge on any atom is 0.221 e. The number of amides is 1. The van der Waals surface area contributed by atoms with Gasteiger partial charge in [0.1, 0.15) is 0 Å². The van der Waals surface area contributed by atoms with E-state index in [-0.39, 0.29) is 30.8 Å². The van der Waals surface area contributed by atoms with Gasteiger partial charge in [-0.2, -0.15) is 0 Å². The molecule has 0 aromatic heterocycles. The normalized spacial score (nSPS) is 18.3. The quantitative estimate of drug-likeness (QED) is 0.644. The molecular formula is C15H23N3O3S. The average molecular weight is 325 g/mol. The van der Waals surface area contributed by atoms with E-state index in [0.29, 0.717) is 6.42 Å². The van der Waals surface area contributed by atoms with Crippen LogP contribution in [0.25, 0.3) is 0 Å². The maximum absolute atomic E-state index is 11.9. The van der Waals surface area contributed by atoms with Crippen molar-refractivity contribution in [1.82, 2.24) is 15.4 Å². The van der Waals surface area contributed by atoms with E-state index in [2.05, 4.69) is 15.4 Å². The number of carbonyl (C=O) groups is 1. The first-order valence-corrected chi connectivity index (χ1v) is 9.22. The lowest BCUT2D eigenvalue weighted by atomic mass is 10.1. The Balaban J connectivity index is 1.65. The third-order valence-electron chi connectivity index (χ3n) is 3.63. The van der Waals surface area contributed by atoms with Gasteiger partial charge in [-0.15, -0.1) is 0 Å². The summed E-state index contributed by atoms with van der Waals surface area (Å²) < 4.78 is 26.2. The molecule has 6 nitrogen and oxygen atoms in total. The van der Waals surface area contributed by atoms with Gasteiger partial charge in [0, 0.05) is 25.6 Å². The zero-order valence-corrected chi connectivity index (χ0v) is 13.4. The number of rotatable bonds is 8. The predicted molar refractivity (Wildman–Crippen MR) is 85.7 cm³/mol. The molecule has 1 unspecified atom stereocenters. The summed E-state index contributed by atoms with van der Waals surface area (Å²) in [5.41, 5.74) is 0.905. The molecule has 1 amide bonds. The number of nitrogens with one attached hydrogen (secondary N) is 3. The Kier molecular flexibility index (Phi) is 6.35. The van der Waals surface area contributed by atoms with Crippen molar-refractivity contribution in [1.29, 1.82) is 0 Å². The van der Waals surface area contributed by atoms with Gasteiger partial charge in [0.15, 0.2) is 0 Å². The standard InChI is InChI=1S/C15H23N3O3S/c19-15(11-14-7-4-8-16-14)17-9-10-22(20,21)18-12-13-5-2-1-3-6-13/h1-3,5-6,14,16,18H,4,7-12H2,(H,17,19). The number of carbonyl (C=O) groups excluding carboxylic acids is 1. The lowest BCUT2D eigenvalue weighted by Crippen LogP contribution is -2.36. The highest BCUT2D eigenvalue weighted by Gasteiger charge is 2.18. The first-order valence-electron chi connectivity index (χ1n) is 7.56. The number of benzene rings is 1. The molecule has 0 bridgehead atoms. The van der Waals surface area contributed by atoms with Crippen LogP contribution in [0.15, 0.2) is 30.3 Å². The van der Waals surface area contributed by atoms with E-state index in [0.717, 1.165) is 24.9 Å². The third-order valence-corrected chi connectivity index (χ3v) is 4.95. The first kappa shape index (κ1) is 16.9. The van der Waals surface area contributed by atoms with Crippen LogP contribution in [0.4, 0.5) is 0 Å². The Morgan fingerprint density at radius 3 is 2.73 bits per heavy atom. The van der Waals surface area contributed by atoms with Gasteiger partial charge in [-0.05, 0) is 24.9 Å². The largest absolute Gasteiger partial charge is 0.355 e. The monoisotopic (exact) mass is 325 g/mol. The second kappa shape index (κ2) is 8.26. The summed E-state index contributed by atoms with van der Waals surface area (Å²) >= 11 is 0. The SMILES string of the molecule is O=C(CC1CCCN1)NCCS(=O)(=O)NCc1ccccc1. The summed E-state index contributed by atoms with van der Waals surface area (Å²) in [5.74, 6) is -0.207. The van der Waals surface area contributed by atoms with Crippen molar-refractivity contribution in [3.8, 4) is 0 Å². The molecule has 1 aliphatic heterocycles. The molecule has 0 spiro atoms. The number of sulfonamides is 1. The van der Waals surface area contributed by atoms with Gasteiger partial charge in [-0.3, -0.25) is 4.79 Å². The van der Waals surface area contributed by atoms with E-state index in [1.54, 1.807) is 0 Å². The van der Waals surface area contributed by atoms with Crippen LogP contribution in [0.2, 0.25) is 0 Å². The maximum atomic E-state index is 11.9. The highest BCUT2D eigenvalue weighted by molar-refractivity contribution is 7.89. The fraction of sp³-hybridized carbons (Fsp3) is 0.533. The summed E-state index contributed by atoms with van der Waals surface area (Å²) in [6, 6.07) is 9.56. The molecule has 1 atom stereocenters. The summed E-state index contributed by atoms with van der Waals surface area (Å²) in [6.45, 7) is 1.36. The highest BCUT2D eigenvalue weighted by Crippen LogP contribution is 2.08. The Bertz CT molecular complexity index is 569. The molecule has 1 aromatic rings. The molecule has 1 fully saturated rings. The van der Waals surface area contributed by atoms with Crippen LogP contribution >= 0.6 is 0 Å². The second-order valence-corrected chi connectivity index (χ2v) is 7.40. The van der Waals surface area contributed by atoms with Crippen molar-refractivity contribution in [3.63, 3.8) is 0 Å². The third kappa shape index (κ3) is 6.13. The van der Waals surface area contributed by atoms with Gasteiger partial charge in [-0.25, -0.2) is 13.1 Å². The molecular weight excluding hydrogens is 302 g/mol. The molecule has 0 saturated carbocycles. The van der Waals surface area contributed by atoms with E-state index in [1.807, 2.05) is 30.3 Å². The molecule has 7 heteroatoms. The van der Waals surface area contributed by atoms with Crippen molar-refractivity contribution >= 4 is 15.9 Å². The molecule has 1 heterocycles. The highest BCUT2D eigenvalue weighted by atomic mass is 32.2. The molecule has 1 saturated heterocycles. The smallest absolute Gasteiger partial charge is 0.221 e. The molecule has 22 heavy (non-hydrogen) atoms. The van der Waals surface area contributed by atoms with E-state index in [4.69, 9.17) is 0 Å². The van der Waals surface area contributed by atoms with Crippen LogP contribution in [0.3, 0.4) is 0 Å². The Morgan fingerprint density at radius 2 is 2.05 bits per heavy atom. The van der Waals surface area contributed by atoms with Crippen LogP contribution in [-0.2, 0) is 21.4 Å². The topological polar surface area (TPSA) is 87.3 Å². The minimum atomic E-state index is -3.38. The van der Waals surface area contributed by atoms with Gasteiger partial charge in [-0.1, -0.05) is 30.3 Å². The fourth-order valence-electron chi connectivity index (χ4n) is 2.41. The predicted octanol–water partition coefficient (Wildman–Crippen LogP) is 0.364. The first-order chi connectivity index (χ1) is 10.6. The summed E-state index contributed by atoms with van der Waals surface area (Å²) in [5, 5.41) is 5.91. The molecule has 1 aromatic carbocycles. The zero-order valence-electron chi connectivity index (χ0n) is 12.5. The van der Waals surface area contributed by atoms with Crippen LogP contribution in [0.1, 0.15) is 24.8 Å². The number of hydrogen-bond donors (Lipinski definition) is 3. The molecule has 1 aliphatic rings. The molecule has 122 valence electrons. The Labute approximate surface area is 131 Å². The summed E-state index contributed by atoms with van der Waals surface area (Å²) in [6.07, 6.45) is 2.51. The molecule has 2 rings (SSSR count). The lowest BCUT2D eigenvalue weighted by molar-refractivity contribution is -0.121. The Hall–Kier alpha value is -1.44. The van der Waals surface area contributed by atoms with E-state index in [1.165, 1.54) is 0 Å². The van der Waals surface area contributed by atoms with Crippen molar-refractivity contribution in [2.45, 2.75) is 31.8 Å². The second-order valence-electron chi connectivity index (χ2n) is 5.47. The van der Waals surface area contributed by atoms with Gasteiger partial charge in [0.05, 0.1) is 5.75 Å². The van der Waals surface area contributed by atoms with Crippen molar-refractivity contribution < 1.29 is 13.2 Å². The van der Waals surface area contributed by atoms with E-state index >= 15 is 0 Å². The fourth-order valence-corrected chi connectivity index (χ4v) is 3.31. The lowest BCUT2D eigenvalue weighted by Gasteiger charge is -2.11. The van der Waals surface area contributed by atoms with Crippen molar-refractivity contribution in [3.05, 3.63) is 35.9 Å². The van der Waals surface area contributed by atoms with Gasteiger partial charge >= 0.3 is 0 Å².